The Hall–Kier alpha value is -0.360. The van der Waals surface area contributed by atoms with Crippen molar-refractivity contribution >= 4 is 13.9 Å². The third-order valence-corrected chi connectivity index (χ3v) is 5.19. The highest BCUT2D eigenvalue weighted by molar-refractivity contribution is 7.57. The molecule has 0 aromatic carbocycles. The summed E-state index contributed by atoms with van der Waals surface area (Å²) in [4.78, 5) is 10.9. The summed E-state index contributed by atoms with van der Waals surface area (Å²) in [7, 11) is 0.0804. The zero-order chi connectivity index (χ0) is 12.2. The van der Waals surface area contributed by atoms with Crippen molar-refractivity contribution in [2.45, 2.75) is 39.5 Å². The molecule has 0 spiro atoms. The summed E-state index contributed by atoms with van der Waals surface area (Å²) >= 11 is 0. The molecule has 0 saturated heterocycles. The molecule has 0 fully saturated rings. The maximum atomic E-state index is 10.9. The van der Waals surface area contributed by atoms with Gasteiger partial charge >= 0.3 is 5.97 Å². The molecular weight excluding hydrogens is 219 g/mol. The van der Waals surface area contributed by atoms with Crippen molar-refractivity contribution in [3.63, 3.8) is 0 Å². The van der Waals surface area contributed by atoms with E-state index in [4.69, 9.17) is 4.74 Å². The molecule has 0 bridgehead atoms. The average Bonchev–Trinajstić information content (AvgIpc) is 2.31. The van der Waals surface area contributed by atoms with Crippen molar-refractivity contribution in [3.8, 4) is 0 Å². The van der Waals surface area contributed by atoms with Gasteiger partial charge in [-0.05, 0) is 25.2 Å². The molecule has 0 aromatic rings. The summed E-state index contributed by atoms with van der Waals surface area (Å²) in [5.74, 6) is -0.291. The summed E-state index contributed by atoms with van der Waals surface area (Å²) in [5, 5.41) is 0. The van der Waals surface area contributed by atoms with Crippen LogP contribution in [0.15, 0.2) is 12.7 Å². The van der Waals surface area contributed by atoms with Crippen LogP contribution in [0, 0.1) is 0 Å². The summed E-state index contributed by atoms with van der Waals surface area (Å²) < 4.78 is 5.04. The maximum absolute atomic E-state index is 10.9. The number of hydrogen-bond acceptors (Lipinski definition) is 2. The van der Waals surface area contributed by atoms with Gasteiger partial charge in [-0.25, -0.2) is 4.79 Å². The average molecular weight is 244 g/mol. The lowest BCUT2D eigenvalue weighted by atomic mass is 10.4. The number of rotatable bonds is 10. The Bertz CT molecular complexity index is 184. The Morgan fingerprint density at radius 1 is 1.19 bits per heavy atom. The van der Waals surface area contributed by atoms with Gasteiger partial charge in [-0.15, -0.1) is 7.92 Å². The quantitative estimate of drug-likeness (QED) is 0.332. The fraction of sp³-hybridized carbons (Fsp3) is 0.769. The first-order chi connectivity index (χ1) is 7.74. The van der Waals surface area contributed by atoms with E-state index in [1.807, 2.05) is 0 Å². The van der Waals surface area contributed by atoms with Gasteiger partial charge in [0.25, 0.3) is 0 Å². The molecule has 0 amide bonds. The van der Waals surface area contributed by atoms with Gasteiger partial charge in [0.05, 0.1) is 6.61 Å². The smallest absolute Gasteiger partial charge is 0.330 e. The normalized spacial score (nSPS) is 10.4. The van der Waals surface area contributed by atoms with Gasteiger partial charge in [-0.1, -0.05) is 33.3 Å². The predicted octanol–water partition coefficient (Wildman–Crippen LogP) is 3.80. The number of unbranched alkanes of at least 4 members (excludes halogenated alkanes) is 2. The van der Waals surface area contributed by atoms with Crippen molar-refractivity contribution in [1.82, 2.24) is 0 Å². The van der Waals surface area contributed by atoms with Crippen LogP contribution in [0.25, 0.3) is 0 Å². The first kappa shape index (κ1) is 15.6. The Kier molecular flexibility index (Phi) is 10.9. The fourth-order valence-electron chi connectivity index (χ4n) is 1.43. The van der Waals surface area contributed by atoms with Gasteiger partial charge < -0.3 is 4.74 Å². The summed E-state index contributed by atoms with van der Waals surface area (Å²) in [6, 6.07) is 0. The van der Waals surface area contributed by atoms with Crippen molar-refractivity contribution in [2.24, 2.45) is 0 Å². The lowest BCUT2D eigenvalue weighted by Gasteiger charge is -2.16. The summed E-state index contributed by atoms with van der Waals surface area (Å²) in [6.07, 6.45) is 10.1. The second-order valence-electron chi connectivity index (χ2n) is 3.92. The van der Waals surface area contributed by atoms with Crippen LogP contribution in [0.2, 0.25) is 0 Å². The SMILES string of the molecule is C=CC(=O)OCCP(CCCC)CCCC. The first-order valence-corrected chi connectivity index (χ1v) is 8.15. The first-order valence-electron chi connectivity index (χ1n) is 6.26. The van der Waals surface area contributed by atoms with E-state index in [-0.39, 0.29) is 13.9 Å². The van der Waals surface area contributed by atoms with Crippen LogP contribution >= 0.6 is 7.92 Å². The third kappa shape index (κ3) is 8.91. The standard InChI is InChI=1S/C13H25O2P/c1-4-7-10-16(11-8-5-2)12-9-15-13(14)6-3/h6H,3-5,7-12H2,1-2H3. The maximum Gasteiger partial charge on any atom is 0.330 e. The van der Waals surface area contributed by atoms with E-state index < -0.39 is 0 Å². The Balaban J connectivity index is 3.71. The monoisotopic (exact) mass is 244 g/mol. The van der Waals surface area contributed by atoms with E-state index >= 15 is 0 Å². The predicted molar refractivity (Wildman–Crippen MR) is 72.5 cm³/mol. The topological polar surface area (TPSA) is 26.3 Å². The van der Waals surface area contributed by atoms with E-state index in [2.05, 4.69) is 20.4 Å². The molecule has 94 valence electrons. The second-order valence-corrected chi connectivity index (χ2v) is 6.60. The number of esters is 1. The number of hydrogen-bond donors (Lipinski definition) is 0. The number of ether oxygens (including phenoxy) is 1. The summed E-state index contributed by atoms with van der Waals surface area (Å²) in [5.41, 5.74) is 0. The molecule has 0 heterocycles. The molecule has 0 aliphatic heterocycles. The molecule has 0 N–H and O–H groups in total. The molecule has 0 unspecified atom stereocenters. The van der Waals surface area contributed by atoms with Crippen molar-refractivity contribution < 1.29 is 9.53 Å². The Labute approximate surface area is 101 Å². The van der Waals surface area contributed by atoms with E-state index in [9.17, 15) is 4.79 Å². The molecule has 3 heteroatoms. The Morgan fingerprint density at radius 3 is 2.19 bits per heavy atom. The highest BCUT2D eigenvalue weighted by Crippen LogP contribution is 2.37. The van der Waals surface area contributed by atoms with Gasteiger partial charge in [0.1, 0.15) is 0 Å². The van der Waals surface area contributed by atoms with Crippen LogP contribution in [0.4, 0.5) is 0 Å². The van der Waals surface area contributed by atoms with Gasteiger partial charge in [0, 0.05) is 12.2 Å². The van der Waals surface area contributed by atoms with Gasteiger partial charge in [0.2, 0.25) is 0 Å². The molecule has 0 atom stereocenters. The van der Waals surface area contributed by atoms with Crippen LogP contribution in [-0.4, -0.2) is 31.1 Å². The van der Waals surface area contributed by atoms with Crippen molar-refractivity contribution in [3.05, 3.63) is 12.7 Å². The van der Waals surface area contributed by atoms with E-state index in [1.54, 1.807) is 0 Å². The van der Waals surface area contributed by atoms with Crippen molar-refractivity contribution in [1.29, 1.82) is 0 Å². The molecule has 0 aliphatic rings. The molecular formula is C13H25O2P. The second kappa shape index (κ2) is 11.1. The fourth-order valence-corrected chi connectivity index (χ4v) is 3.98. The lowest BCUT2D eigenvalue weighted by Crippen LogP contribution is -2.07. The molecule has 2 nitrogen and oxygen atoms in total. The molecule has 0 saturated carbocycles. The lowest BCUT2D eigenvalue weighted by molar-refractivity contribution is -0.137. The minimum atomic E-state index is -0.291. The van der Waals surface area contributed by atoms with Gasteiger partial charge in [0.15, 0.2) is 0 Å². The summed E-state index contributed by atoms with van der Waals surface area (Å²) in [6.45, 7) is 8.42. The molecule has 0 rings (SSSR count). The zero-order valence-electron chi connectivity index (χ0n) is 10.7. The third-order valence-electron chi connectivity index (χ3n) is 2.47. The minimum Gasteiger partial charge on any atom is -0.462 e. The highest BCUT2D eigenvalue weighted by atomic mass is 31.1. The number of carbonyl (C=O) groups excluding carboxylic acids is 1. The number of carbonyl (C=O) groups is 1. The van der Waals surface area contributed by atoms with Crippen LogP contribution < -0.4 is 0 Å². The molecule has 0 radical (unpaired) electrons. The van der Waals surface area contributed by atoms with E-state index in [0.717, 1.165) is 6.16 Å². The van der Waals surface area contributed by atoms with Crippen LogP contribution in [0.3, 0.4) is 0 Å². The van der Waals surface area contributed by atoms with Gasteiger partial charge in [-0.2, -0.15) is 0 Å². The van der Waals surface area contributed by atoms with Crippen LogP contribution in [0.5, 0.6) is 0 Å². The van der Waals surface area contributed by atoms with E-state index in [1.165, 1.54) is 44.1 Å². The van der Waals surface area contributed by atoms with E-state index in [0.29, 0.717) is 6.61 Å². The van der Waals surface area contributed by atoms with Gasteiger partial charge in [-0.3, -0.25) is 0 Å². The van der Waals surface area contributed by atoms with Crippen LogP contribution in [0.1, 0.15) is 39.5 Å². The minimum absolute atomic E-state index is 0.0804. The molecule has 0 aliphatic carbocycles. The molecule has 0 aromatic heterocycles. The van der Waals surface area contributed by atoms with Crippen LogP contribution in [-0.2, 0) is 9.53 Å². The largest absolute Gasteiger partial charge is 0.462 e. The van der Waals surface area contributed by atoms with Crippen molar-refractivity contribution in [2.75, 3.05) is 25.1 Å². The molecule has 16 heavy (non-hydrogen) atoms. The Morgan fingerprint density at radius 2 is 1.75 bits per heavy atom. The zero-order valence-corrected chi connectivity index (χ0v) is 11.6. The highest BCUT2D eigenvalue weighted by Gasteiger charge is 2.07.